The van der Waals surface area contributed by atoms with E-state index in [9.17, 15) is 4.79 Å². The average molecular weight is 257 g/mol. The minimum Gasteiger partial charge on any atom is -0.353 e. The van der Waals surface area contributed by atoms with Crippen LogP contribution in [0.5, 0.6) is 0 Å². The Balaban J connectivity index is 2.44. The maximum Gasteiger partial charge on any atom is 0.242 e. The molecule has 0 radical (unpaired) electrons. The molecule has 0 aromatic carbocycles. The quantitative estimate of drug-likeness (QED) is 0.808. The van der Waals surface area contributed by atoms with Gasteiger partial charge in [-0.05, 0) is 26.2 Å². The summed E-state index contributed by atoms with van der Waals surface area (Å²) in [4.78, 5) is 16.2. The molecule has 1 heterocycles. The predicted octanol–water partition coefficient (Wildman–Crippen LogP) is 1.62. The van der Waals surface area contributed by atoms with E-state index in [-0.39, 0.29) is 23.4 Å². The number of carbonyl (C=O) groups is 1. The summed E-state index contributed by atoms with van der Waals surface area (Å²) in [5, 5.41) is 6.93. The molecule has 1 unspecified atom stereocenters. The topological polar surface area (TPSA) is 53.5 Å². The van der Waals surface area contributed by atoms with Crippen LogP contribution in [-0.2, 0) is 4.79 Å². The zero-order valence-electron chi connectivity index (χ0n) is 11.3. The van der Waals surface area contributed by atoms with Gasteiger partial charge in [0.25, 0.3) is 0 Å². The number of amides is 1. The number of hydrogen-bond acceptors (Lipinski definition) is 4. The molecular formula is C12H23N3OS. The maximum absolute atomic E-state index is 11.7. The highest BCUT2D eigenvalue weighted by atomic mass is 32.2. The standard InChI is InChI=1S/C12H23N3OS/c1-8(2)14-10(16)9(3)15-11-13-6-12(4,5)7-17-11/h8-9H,6-7H2,1-5H3,(H,13,15)(H,14,16). The van der Waals surface area contributed by atoms with Crippen LogP contribution in [-0.4, -0.2) is 35.5 Å². The van der Waals surface area contributed by atoms with Crippen molar-refractivity contribution in [3.05, 3.63) is 0 Å². The lowest BCUT2D eigenvalue weighted by Gasteiger charge is -2.28. The van der Waals surface area contributed by atoms with Gasteiger partial charge in [0.15, 0.2) is 5.17 Å². The van der Waals surface area contributed by atoms with Gasteiger partial charge < -0.3 is 10.6 Å². The van der Waals surface area contributed by atoms with Gasteiger partial charge in [-0.25, -0.2) is 0 Å². The summed E-state index contributed by atoms with van der Waals surface area (Å²) in [5.74, 6) is 1.06. The fraction of sp³-hybridized carbons (Fsp3) is 0.833. The van der Waals surface area contributed by atoms with E-state index in [1.807, 2.05) is 20.8 Å². The molecule has 4 nitrogen and oxygen atoms in total. The fourth-order valence-electron chi connectivity index (χ4n) is 1.39. The first-order chi connectivity index (χ1) is 7.80. The second-order valence-corrected chi connectivity index (χ2v) is 6.57. The van der Waals surface area contributed by atoms with Gasteiger partial charge in [0.1, 0.15) is 6.04 Å². The Kier molecular flexibility index (Phi) is 4.86. The zero-order valence-corrected chi connectivity index (χ0v) is 12.1. The lowest BCUT2D eigenvalue weighted by atomic mass is 9.97. The van der Waals surface area contributed by atoms with Crippen molar-refractivity contribution in [1.29, 1.82) is 0 Å². The van der Waals surface area contributed by atoms with Crippen molar-refractivity contribution in [2.75, 3.05) is 12.3 Å². The molecule has 1 atom stereocenters. The lowest BCUT2D eigenvalue weighted by molar-refractivity contribution is -0.122. The molecule has 0 aromatic heterocycles. The highest BCUT2D eigenvalue weighted by Gasteiger charge is 2.25. The Bertz CT molecular complexity index is 313. The van der Waals surface area contributed by atoms with Gasteiger partial charge in [0.2, 0.25) is 5.91 Å². The normalized spacial score (nSPS) is 20.7. The van der Waals surface area contributed by atoms with Gasteiger partial charge >= 0.3 is 0 Å². The summed E-state index contributed by atoms with van der Waals surface area (Å²) < 4.78 is 0. The second kappa shape index (κ2) is 5.76. The van der Waals surface area contributed by atoms with Crippen LogP contribution in [0.4, 0.5) is 0 Å². The first kappa shape index (κ1) is 14.4. The van der Waals surface area contributed by atoms with Gasteiger partial charge in [-0.15, -0.1) is 0 Å². The molecule has 98 valence electrons. The Morgan fingerprint density at radius 2 is 2.06 bits per heavy atom. The van der Waals surface area contributed by atoms with Crippen molar-refractivity contribution < 1.29 is 4.79 Å². The number of nitrogens with zero attached hydrogens (tertiary/aromatic N) is 1. The molecule has 1 amide bonds. The van der Waals surface area contributed by atoms with Gasteiger partial charge in [-0.2, -0.15) is 0 Å². The van der Waals surface area contributed by atoms with Crippen molar-refractivity contribution >= 4 is 22.8 Å². The van der Waals surface area contributed by atoms with E-state index >= 15 is 0 Å². The van der Waals surface area contributed by atoms with Crippen LogP contribution in [0.2, 0.25) is 0 Å². The molecule has 1 rings (SSSR count). The van der Waals surface area contributed by atoms with Crippen LogP contribution in [0, 0.1) is 5.41 Å². The number of rotatable bonds is 3. The molecule has 0 aliphatic carbocycles. The third-order valence-corrected chi connectivity index (χ3v) is 3.86. The lowest BCUT2D eigenvalue weighted by Crippen LogP contribution is -2.47. The van der Waals surface area contributed by atoms with E-state index in [2.05, 4.69) is 29.5 Å². The van der Waals surface area contributed by atoms with Crippen molar-refractivity contribution in [2.24, 2.45) is 10.4 Å². The number of hydrogen-bond donors (Lipinski definition) is 2. The van der Waals surface area contributed by atoms with Crippen molar-refractivity contribution in [3.63, 3.8) is 0 Å². The van der Waals surface area contributed by atoms with Crippen LogP contribution in [0.1, 0.15) is 34.6 Å². The van der Waals surface area contributed by atoms with Gasteiger partial charge in [0, 0.05) is 18.3 Å². The van der Waals surface area contributed by atoms with Crippen LogP contribution >= 0.6 is 11.8 Å². The van der Waals surface area contributed by atoms with Crippen molar-refractivity contribution in [3.8, 4) is 0 Å². The third-order valence-electron chi connectivity index (χ3n) is 2.41. The smallest absolute Gasteiger partial charge is 0.242 e. The number of thioether (sulfide) groups is 1. The van der Waals surface area contributed by atoms with Crippen LogP contribution in [0.15, 0.2) is 4.99 Å². The fourth-order valence-corrected chi connectivity index (χ4v) is 2.42. The molecule has 1 aliphatic rings. The highest BCUT2D eigenvalue weighted by molar-refractivity contribution is 8.13. The van der Waals surface area contributed by atoms with Crippen LogP contribution in [0.3, 0.4) is 0 Å². The Morgan fingerprint density at radius 1 is 1.41 bits per heavy atom. The first-order valence-corrected chi connectivity index (χ1v) is 7.03. The number of aliphatic imine (C=N–C) groups is 1. The van der Waals surface area contributed by atoms with Crippen molar-refractivity contribution in [2.45, 2.75) is 46.7 Å². The van der Waals surface area contributed by atoms with E-state index in [1.165, 1.54) is 0 Å². The summed E-state index contributed by atoms with van der Waals surface area (Å²) in [6, 6.07) is -0.0588. The summed E-state index contributed by atoms with van der Waals surface area (Å²) in [6.45, 7) is 11.0. The molecule has 0 aromatic rings. The van der Waals surface area contributed by atoms with E-state index in [1.54, 1.807) is 11.8 Å². The van der Waals surface area contributed by atoms with E-state index in [4.69, 9.17) is 0 Å². The average Bonchev–Trinajstić information content (AvgIpc) is 2.20. The monoisotopic (exact) mass is 257 g/mol. The summed E-state index contributed by atoms with van der Waals surface area (Å²) in [7, 11) is 0. The third kappa shape index (κ3) is 4.98. The molecule has 1 aliphatic heterocycles. The molecular weight excluding hydrogens is 234 g/mol. The van der Waals surface area contributed by atoms with Crippen LogP contribution in [0.25, 0.3) is 0 Å². The summed E-state index contributed by atoms with van der Waals surface area (Å²) in [6.07, 6.45) is 0. The molecule has 0 spiro atoms. The zero-order chi connectivity index (χ0) is 13.1. The Hall–Kier alpha value is -0.710. The number of nitrogens with one attached hydrogen (secondary N) is 2. The number of carbonyl (C=O) groups excluding carboxylic acids is 1. The van der Waals surface area contributed by atoms with E-state index in [0.717, 1.165) is 17.5 Å². The summed E-state index contributed by atoms with van der Waals surface area (Å²) >= 11 is 1.69. The Morgan fingerprint density at radius 3 is 2.53 bits per heavy atom. The van der Waals surface area contributed by atoms with Crippen LogP contribution < -0.4 is 10.6 Å². The van der Waals surface area contributed by atoms with E-state index < -0.39 is 0 Å². The predicted molar refractivity (Wildman–Crippen MR) is 74.4 cm³/mol. The molecule has 2 N–H and O–H groups in total. The molecule has 17 heavy (non-hydrogen) atoms. The molecule has 5 heteroatoms. The van der Waals surface area contributed by atoms with Gasteiger partial charge in [-0.3, -0.25) is 9.79 Å². The minimum absolute atomic E-state index is 0.0214. The molecule has 0 saturated carbocycles. The second-order valence-electron chi connectivity index (χ2n) is 5.60. The molecule has 0 saturated heterocycles. The molecule has 0 bridgehead atoms. The highest BCUT2D eigenvalue weighted by Crippen LogP contribution is 2.27. The summed E-state index contributed by atoms with van der Waals surface area (Å²) in [5.41, 5.74) is 0.263. The SMILES string of the molecule is CC(C)NC(=O)C(C)NC1=NCC(C)(C)CS1. The molecule has 0 fully saturated rings. The van der Waals surface area contributed by atoms with Crippen molar-refractivity contribution in [1.82, 2.24) is 10.6 Å². The number of amidine groups is 1. The van der Waals surface area contributed by atoms with E-state index in [0.29, 0.717) is 0 Å². The van der Waals surface area contributed by atoms with Gasteiger partial charge in [0.05, 0.1) is 0 Å². The minimum atomic E-state index is -0.232. The maximum atomic E-state index is 11.7. The largest absolute Gasteiger partial charge is 0.353 e. The van der Waals surface area contributed by atoms with Gasteiger partial charge in [-0.1, -0.05) is 25.6 Å². The first-order valence-electron chi connectivity index (χ1n) is 6.04. The Labute approximate surface area is 108 Å².